The minimum absolute atomic E-state index is 0. The van der Waals surface area contributed by atoms with Gasteiger partial charge in [0.1, 0.15) is 5.82 Å². The van der Waals surface area contributed by atoms with Gasteiger partial charge in [-0.15, -0.1) is 24.0 Å². The van der Waals surface area contributed by atoms with Crippen molar-refractivity contribution in [3.63, 3.8) is 0 Å². The zero-order valence-electron chi connectivity index (χ0n) is 15.0. The normalized spacial score (nSPS) is 15.0. The molecule has 0 aliphatic carbocycles. The molecule has 0 bridgehead atoms. The molecule has 0 spiro atoms. The first-order chi connectivity index (χ1) is 12.2. The van der Waals surface area contributed by atoms with Crippen LogP contribution < -0.4 is 10.2 Å². The maximum absolute atomic E-state index is 6.23. The van der Waals surface area contributed by atoms with E-state index in [1.165, 1.54) is 11.5 Å². The monoisotopic (exact) mass is 506 g/mol. The van der Waals surface area contributed by atoms with Crippen molar-refractivity contribution < 1.29 is 0 Å². The van der Waals surface area contributed by atoms with E-state index < -0.39 is 0 Å². The predicted octanol–water partition coefficient (Wildman–Crippen LogP) is 3.27. The molecule has 2 aromatic rings. The molecule has 1 fully saturated rings. The Morgan fingerprint density at radius 2 is 2.00 bits per heavy atom. The lowest BCUT2D eigenvalue weighted by atomic mass is 10.2. The molecule has 26 heavy (non-hydrogen) atoms. The fraction of sp³-hybridized carbons (Fsp3) is 0.471. The molecule has 1 aromatic heterocycles. The van der Waals surface area contributed by atoms with E-state index in [0.717, 1.165) is 60.1 Å². The summed E-state index contributed by atoms with van der Waals surface area (Å²) in [4.78, 5) is 13.6. The quantitative estimate of drug-likeness (QED) is 0.392. The summed E-state index contributed by atoms with van der Waals surface area (Å²) in [5, 5.41) is 5.21. The number of aliphatic imine (C=N–C) groups is 1. The maximum atomic E-state index is 6.23. The summed E-state index contributed by atoms with van der Waals surface area (Å²) < 4.78 is 4.38. The zero-order valence-corrected chi connectivity index (χ0v) is 18.9. The Morgan fingerprint density at radius 1 is 1.27 bits per heavy atom. The first-order valence-electron chi connectivity index (χ1n) is 8.47. The Balaban J connectivity index is 0.00000243. The third-order valence-corrected chi connectivity index (χ3v) is 5.41. The molecule has 1 aliphatic heterocycles. The van der Waals surface area contributed by atoms with Crippen LogP contribution >= 0.6 is 47.1 Å². The summed E-state index contributed by atoms with van der Waals surface area (Å²) >= 11 is 7.72. The topological polar surface area (TPSA) is 56.7 Å². The van der Waals surface area contributed by atoms with Gasteiger partial charge < -0.3 is 15.1 Å². The molecule has 1 aliphatic rings. The van der Waals surface area contributed by atoms with E-state index in [1.807, 2.05) is 31.3 Å². The molecular formula is C17H24ClIN6S. The molecule has 0 saturated carbocycles. The lowest BCUT2D eigenvalue weighted by Gasteiger charge is -2.36. The van der Waals surface area contributed by atoms with Gasteiger partial charge >= 0.3 is 0 Å². The van der Waals surface area contributed by atoms with Crippen molar-refractivity contribution in [3.05, 3.63) is 40.7 Å². The third kappa shape index (κ3) is 5.20. The highest BCUT2D eigenvalue weighted by Gasteiger charge is 2.22. The molecule has 1 aromatic carbocycles. The van der Waals surface area contributed by atoms with Crippen LogP contribution in [-0.2, 0) is 13.0 Å². The Bertz CT molecular complexity index is 730. The zero-order chi connectivity index (χ0) is 17.6. The van der Waals surface area contributed by atoms with Crippen molar-refractivity contribution >= 4 is 58.2 Å². The van der Waals surface area contributed by atoms with E-state index in [9.17, 15) is 0 Å². The molecular weight excluding hydrogens is 483 g/mol. The molecule has 0 amide bonds. The SMILES string of the molecule is CCc1nsc(N2CCN(C(=NC)NCc3ccccc3Cl)CC2)n1.I. The number of halogens is 2. The second-order valence-corrected chi connectivity index (χ2v) is 6.95. The minimum atomic E-state index is 0. The van der Waals surface area contributed by atoms with E-state index in [-0.39, 0.29) is 24.0 Å². The van der Waals surface area contributed by atoms with Gasteiger partial charge in [0.2, 0.25) is 5.13 Å². The van der Waals surface area contributed by atoms with Gasteiger partial charge in [-0.1, -0.05) is 36.7 Å². The molecule has 142 valence electrons. The van der Waals surface area contributed by atoms with Crippen LogP contribution in [-0.4, -0.2) is 53.4 Å². The number of benzene rings is 1. The van der Waals surface area contributed by atoms with Crippen molar-refractivity contribution in [3.8, 4) is 0 Å². The van der Waals surface area contributed by atoms with Gasteiger partial charge in [0.05, 0.1) is 0 Å². The number of guanidine groups is 1. The number of aromatic nitrogens is 2. The summed E-state index contributed by atoms with van der Waals surface area (Å²) in [6.07, 6.45) is 0.884. The molecule has 9 heteroatoms. The summed E-state index contributed by atoms with van der Waals surface area (Å²) in [6.45, 7) is 6.41. The van der Waals surface area contributed by atoms with Crippen LogP contribution in [0, 0.1) is 0 Å². The molecule has 1 N–H and O–H groups in total. The molecule has 6 nitrogen and oxygen atoms in total. The number of nitrogens with one attached hydrogen (secondary N) is 1. The van der Waals surface area contributed by atoms with E-state index in [1.54, 1.807) is 0 Å². The molecule has 0 radical (unpaired) electrons. The van der Waals surface area contributed by atoms with Crippen molar-refractivity contribution in [2.45, 2.75) is 19.9 Å². The van der Waals surface area contributed by atoms with Crippen LogP contribution in [0.5, 0.6) is 0 Å². The highest BCUT2D eigenvalue weighted by atomic mass is 127. The number of anilines is 1. The lowest BCUT2D eigenvalue weighted by molar-refractivity contribution is 0.372. The van der Waals surface area contributed by atoms with Gasteiger partial charge in [-0.2, -0.15) is 4.37 Å². The Morgan fingerprint density at radius 3 is 2.62 bits per heavy atom. The molecule has 3 rings (SSSR count). The van der Waals surface area contributed by atoms with Gasteiger partial charge in [0, 0.05) is 62.7 Å². The van der Waals surface area contributed by atoms with Gasteiger partial charge in [-0.25, -0.2) is 4.98 Å². The Labute approximate surface area is 180 Å². The number of hydrogen-bond acceptors (Lipinski definition) is 5. The van der Waals surface area contributed by atoms with E-state index in [0.29, 0.717) is 6.54 Å². The van der Waals surface area contributed by atoms with E-state index in [2.05, 4.69) is 36.4 Å². The van der Waals surface area contributed by atoms with Crippen molar-refractivity contribution in [2.75, 3.05) is 38.1 Å². The summed E-state index contributed by atoms with van der Waals surface area (Å²) in [6, 6.07) is 7.88. The van der Waals surface area contributed by atoms with Gasteiger partial charge in [0.15, 0.2) is 5.96 Å². The first kappa shape index (κ1) is 21.2. The standard InChI is InChI=1S/C17H23ClN6S.HI/c1-3-15-21-17(25-22-15)24-10-8-23(9-11-24)16(19-2)20-12-13-6-4-5-7-14(13)18;/h4-7H,3,8-12H2,1-2H3,(H,19,20);1H. The second kappa shape index (κ2) is 10.3. The third-order valence-electron chi connectivity index (χ3n) is 4.23. The summed E-state index contributed by atoms with van der Waals surface area (Å²) in [5.41, 5.74) is 1.07. The number of piperazine rings is 1. The number of rotatable bonds is 4. The predicted molar refractivity (Wildman–Crippen MR) is 120 cm³/mol. The maximum Gasteiger partial charge on any atom is 0.205 e. The van der Waals surface area contributed by atoms with Crippen molar-refractivity contribution in [2.24, 2.45) is 4.99 Å². The van der Waals surface area contributed by atoms with Crippen molar-refractivity contribution in [1.82, 2.24) is 19.6 Å². The highest BCUT2D eigenvalue weighted by molar-refractivity contribution is 14.0. The van der Waals surface area contributed by atoms with Crippen LogP contribution in [0.2, 0.25) is 5.02 Å². The van der Waals surface area contributed by atoms with Crippen LogP contribution in [0.15, 0.2) is 29.3 Å². The van der Waals surface area contributed by atoms with Gasteiger partial charge in [-0.05, 0) is 11.6 Å². The first-order valence-corrected chi connectivity index (χ1v) is 9.63. The average Bonchev–Trinajstić information content (AvgIpc) is 3.13. The summed E-state index contributed by atoms with van der Waals surface area (Å²) in [7, 11) is 1.82. The van der Waals surface area contributed by atoms with Crippen LogP contribution in [0.25, 0.3) is 0 Å². The Kier molecular flexibility index (Phi) is 8.36. The highest BCUT2D eigenvalue weighted by Crippen LogP contribution is 2.19. The van der Waals surface area contributed by atoms with Gasteiger partial charge in [0.25, 0.3) is 0 Å². The largest absolute Gasteiger partial charge is 0.352 e. The Hall–Kier alpha value is -1.13. The van der Waals surface area contributed by atoms with Crippen molar-refractivity contribution in [1.29, 1.82) is 0 Å². The number of aryl methyl sites for hydroxylation is 1. The summed E-state index contributed by atoms with van der Waals surface area (Å²) in [5.74, 6) is 1.84. The molecule has 0 unspecified atom stereocenters. The lowest BCUT2D eigenvalue weighted by Crippen LogP contribution is -2.52. The smallest absolute Gasteiger partial charge is 0.205 e. The second-order valence-electron chi connectivity index (χ2n) is 5.81. The van der Waals surface area contributed by atoms with Crippen LogP contribution in [0.4, 0.5) is 5.13 Å². The molecule has 2 heterocycles. The fourth-order valence-corrected chi connectivity index (χ4v) is 3.78. The molecule has 1 saturated heterocycles. The number of nitrogens with zero attached hydrogens (tertiary/aromatic N) is 5. The van der Waals surface area contributed by atoms with Gasteiger partial charge in [-0.3, -0.25) is 4.99 Å². The van der Waals surface area contributed by atoms with E-state index >= 15 is 0 Å². The average molecular weight is 507 g/mol. The van der Waals surface area contributed by atoms with Crippen LogP contribution in [0.1, 0.15) is 18.3 Å². The minimum Gasteiger partial charge on any atom is -0.352 e. The van der Waals surface area contributed by atoms with Crippen LogP contribution in [0.3, 0.4) is 0 Å². The fourth-order valence-electron chi connectivity index (χ4n) is 2.77. The molecule has 0 atom stereocenters. The number of hydrogen-bond donors (Lipinski definition) is 1. The van der Waals surface area contributed by atoms with E-state index in [4.69, 9.17) is 11.6 Å².